The van der Waals surface area contributed by atoms with Crippen LogP contribution in [0, 0.1) is 10.1 Å². The summed E-state index contributed by atoms with van der Waals surface area (Å²) >= 11 is 0. The van der Waals surface area contributed by atoms with Gasteiger partial charge in [0, 0.05) is 11.5 Å². The molecule has 116 valence electrons. The fraction of sp³-hybridized carbons (Fsp3) is 0.158. The second kappa shape index (κ2) is 6.08. The first-order valence-electron chi connectivity index (χ1n) is 7.51. The topological polar surface area (TPSA) is 56.3 Å². The van der Waals surface area contributed by atoms with Gasteiger partial charge >= 0.3 is 5.88 Å². The minimum absolute atomic E-state index is 0.0429. The minimum atomic E-state index is -0.444. The molecule has 0 unspecified atom stereocenters. The molecule has 1 heterocycles. The molecule has 0 aliphatic heterocycles. The Labute approximate surface area is 134 Å². The summed E-state index contributed by atoms with van der Waals surface area (Å²) in [6, 6.07) is 19.0. The molecule has 3 rings (SSSR count). The number of benzene rings is 2. The number of rotatable bonds is 4. The van der Waals surface area contributed by atoms with Gasteiger partial charge in [-0.3, -0.25) is 10.1 Å². The average molecular weight is 307 g/mol. The van der Waals surface area contributed by atoms with Crippen molar-refractivity contribution in [1.29, 1.82) is 0 Å². The van der Waals surface area contributed by atoms with Crippen molar-refractivity contribution in [3.8, 4) is 22.3 Å². The van der Waals surface area contributed by atoms with Crippen molar-refractivity contribution in [1.82, 2.24) is 0 Å². The van der Waals surface area contributed by atoms with Gasteiger partial charge in [0.25, 0.3) is 0 Å². The van der Waals surface area contributed by atoms with Gasteiger partial charge in [-0.25, -0.2) is 0 Å². The van der Waals surface area contributed by atoms with E-state index in [1.54, 1.807) is 0 Å². The van der Waals surface area contributed by atoms with Gasteiger partial charge in [0.1, 0.15) is 16.2 Å². The third kappa shape index (κ3) is 2.75. The first-order chi connectivity index (χ1) is 11.1. The molecule has 0 aliphatic carbocycles. The molecule has 4 nitrogen and oxygen atoms in total. The molecule has 0 amide bonds. The maximum atomic E-state index is 11.5. The van der Waals surface area contributed by atoms with E-state index in [0.717, 1.165) is 16.7 Å². The van der Waals surface area contributed by atoms with Crippen molar-refractivity contribution in [3.63, 3.8) is 0 Å². The Hall–Kier alpha value is -2.88. The summed E-state index contributed by atoms with van der Waals surface area (Å²) in [5, 5.41) is 11.5. The molecule has 0 saturated heterocycles. The molecule has 1 aromatic heterocycles. The first kappa shape index (κ1) is 15.0. The third-order valence-corrected chi connectivity index (χ3v) is 3.73. The summed E-state index contributed by atoms with van der Waals surface area (Å²) in [6.07, 6.45) is 0. The summed E-state index contributed by atoms with van der Waals surface area (Å²) in [5.41, 5.74) is 3.06. The highest BCUT2D eigenvalue weighted by molar-refractivity contribution is 5.90. The van der Waals surface area contributed by atoms with E-state index in [4.69, 9.17) is 4.42 Å². The van der Waals surface area contributed by atoms with E-state index in [-0.39, 0.29) is 11.8 Å². The van der Waals surface area contributed by atoms with Crippen LogP contribution in [0.5, 0.6) is 0 Å². The summed E-state index contributed by atoms with van der Waals surface area (Å²) in [7, 11) is 0. The highest BCUT2D eigenvalue weighted by Gasteiger charge is 2.31. The van der Waals surface area contributed by atoms with Gasteiger partial charge in [-0.2, -0.15) is 0 Å². The lowest BCUT2D eigenvalue weighted by Gasteiger charge is -2.07. The average Bonchev–Trinajstić information content (AvgIpc) is 2.97. The standard InChI is InChI=1S/C19H17NO3/c1-13(2)18-16(14-9-5-3-6-10-14)17(19(23-18)20(21)22)15-11-7-4-8-12-15/h3-13H,1-2H3. The van der Waals surface area contributed by atoms with Gasteiger partial charge in [0.05, 0.1) is 0 Å². The van der Waals surface area contributed by atoms with Crippen molar-refractivity contribution < 1.29 is 9.34 Å². The maximum Gasteiger partial charge on any atom is 0.441 e. The van der Waals surface area contributed by atoms with E-state index in [1.165, 1.54) is 0 Å². The van der Waals surface area contributed by atoms with Crippen molar-refractivity contribution in [2.75, 3.05) is 0 Å². The largest absolute Gasteiger partial charge is 0.441 e. The van der Waals surface area contributed by atoms with E-state index in [2.05, 4.69) is 0 Å². The normalized spacial score (nSPS) is 10.9. The Balaban J connectivity index is 2.37. The molecular formula is C19H17NO3. The zero-order chi connectivity index (χ0) is 16.4. The van der Waals surface area contributed by atoms with E-state index in [1.807, 2.05) is 74.5 Å². The molecule has 4 heteroatoms. The predicted octanol–water partition coefficient (Wildman–Crippen LogP) is 5.65. The second-order valence-electron chi connectivity index (χ2n) is 5.67. The van der Waals surface area contributed by atoms with Crippen molar-refractivity contribution in [2.45, 2.75) is 19.8 Å². The molecule has 0 bridgehead atoms. The van der Waals surface area contributed by atoms with Gasteiger partial charge in [0.15, 0.2) is 0 Å². The number of furan rings is 1. The lowest BCUT2D eigenvalue weighted by molar-refractivity contribution is -0.401. The quantitative estimate of drug-likeness (QED) is 0.462. The first-order valence-corrected chi connectivity index (χ1v) is 7.51. The molecule has 2 aromatic carbocycles. The molecule has 0 N–H and O–H groups in total. The van der Waals surface area contributed by atoms with E-state index in [0.29, 0.717) is 11.3 Å². The smallest absolute Gasteiger partial charge is 0.404 e. The number of nitro groups is 1. The van der Waals surface area contributed by atoms with Crippen LogP contribution in [0.4, 0.5) is 5.88 Å². The highest BCUT2D eigenvalue weighted by Crippen LogP contribution is 2.46. The number of hydrogen-bond donors (Lipinski definition) is 0. The molecule has 23 heavy (non-hydrogen) atoms. The van der Waals surface area contributed by atoms with Gasteiger partial charge in [-0.1, -0.05) is 74.5 Å². The van der Waals surface area contributed by atoms with Crippen LogP contribution in [0.25, 0.3) is 22.3 Å². The second-order valence-corrected chi connectivity index (χ2v) is 5.67. The summed E-state index contributed by atoms with van der Waals surface area (Å²) in [6.45, 7) is 3.95. The van der Waals surface area contributed by atoms with Gasteiger partial charge in [0.2, 0.25) is 0 Å². The Morgan fingerprint density at radius 3 is 1.78 bits per heavy atom. The highest BCUT2D eigenvalue weighted by atomic mass is 16.6. The molecule has 0 aliphatic rings. The SMILES string of the molecule is CC(C)c1oc([N+](=O)[O-])c(-c2ccccc2)c1-c1ccccc1. The van der Waals surface area contributed by atoms with Crippen molar-refractivity contribution in [2.24, 2.45) is 0 Å². The van der Waals surface area contributed by atoms with Gasteiger partial charge in [-0.15, -0.1) is 0 Å². The summed E-state index contributed by atoms with van der Waals surface area (Å²) in [4.78, 5) is 11.1. The predicted molar refractivity (Wildman–Crippen MR) is 90.3 cm³/mol. The molecule has 0 radical (unpaired) electrons. The van der Waals surface area contributed by atoms with Crippen LogP contribution < -0.4 is 0 Å². The van der Waals surface area contributed by atoms with Crippen LogP contribution in [0.2, 0.25) is 0 Å². The Morgan fingerprint density at radius 1 is 0.870 bits per heavy atom. The number of nitrogens with zero attached hydrogens (tertiary/aromatic N) is 1. The molecule has 0 fully saturated rings. The van der Waals surface area contributed by atoms with Gasteiger partial charge < -0.3 is 4.42 Å². The fourth-order valence-corrected chi connectivity index (χ4v) is 2.74. The maximum absolute atomic E-state index is 11.5. The zero-order valence-electron chi connectivity index (χ0n) is 13.0. The van der Waals surface area contributed by atoms with Crippen LogP contribution >= 0.6 is 0 Å². The molecule has 0 spiro atoms. The summed E-state index contributed by atoms with van der Waals surface area (Å²) < 4.78 is 5.68. The lowest BCUT2D eigenvalue weighted by Crippen LogP contribution is -1.90. The van der Waals surface area contributed by atoms with Crippen LogP contribution in [-0.4, -0.2) is 4.92 Å². The molecular weight excluding hydrogens is 290 g/mol. The fourth-order valence-electron chi connectivity index (χ4n) is 2.74. The molecule has 0 saturated carbocycles. The molecule has 3 aromatic rings. The van der Waals surface area contributed by atoms with Crippen LogP contribution in [0.15, 0.2) is 65.1 Å². The van der Waals surface area contributed by atoms with E-state index >= 15 is 0 Å². The monoisotopic (exact) mass is 307 g/mol. The summed E-state index contributed by atoms with van der Waals surface area (Å²) in [5.74, 6) is 0.488. The Kier molecular flexibility index (Phi) is 3.98. The van der Waals surface area contributed by atoms with E-state index in [9.17, 15) is 10.1 Å². The number of hydrogen-bond acceptors (Lipinski definition) is 3. The van der Waals surface area contributed by atoms with Crippen molar-refractivity contribution in [3.05, 3.63) is 76.5 Å². The van der Waals surface area contributed by atoms with Crippen LogP contribution in [-0.2, 0) is 0 Å². The molecule has 0 atom stereocenters. The lowest BCUT2D eigenvalue weighted by atomic mass is 9.93. The van der Waals surface area contributed by atoms with Crippen molar-refractivity contribution >= 4 is 5.88 Å². The van der Waals surface area contributed by atoms with Crippen LogP contribution in [0.3, 0.4) is 0 Å². The Morgan fingerprint density at radius 2 is 1.35 bits per heavy atom. The van der Waals surface area contributed by atoms with Crippen LogP contribution in [0.1, 0.15) is 25.5 Å². The van der Waals surface area contributed by atoms with Gasteiger partial charge in [-0.05, 0) is 11.1 Å². The third-order valence-electron chi connectivity index (χ3n) is 3.73. The van der Waals surface area contributed by atoms with E-state index < -0.39 is 4.92 Å². The zero-order valence-corrected chi connectivity index (χ0v) is 13.0. The Bertz CT molecular complexity index is 821. The minimum Gasteiger partial charge on any atom is -0.404 e.